The number of amides is 2. The van der Waals surface area contributed by atoms with Crippen molar-refractivity contribution in [2.45, 2.75) is 25.9 Å². The number of fused-ring (bicyclic) bond motifs is 2. The van der Waals surface area contributed by atoms with Gasteiger partial charge in [-0.1, -0.05) is 0 Å². The first kappa shape index (κ1) is 23.9. The van der Waals surface area contributed by atoms with Crippen LogP contribution in [0.5, 0.6) is 0 Å². The minimum atomic E-state index is -0.461. The molecule has 0 aromatic carbocycles. The number of halogens is 2. The predicted octanol–water partition coefficient (Wildman–Crippen LogP) is -0.827. The molecule has 2 aromatic heterocycles. The summed E-state index contributed by atoms with van der Waals surface area (Å²) in [6, 6.07) is 0. The standard InChI is InChI=1S/2C8H12N4O.2ClH/c2*1-12-6-2-3-10-4-5(6)11-8(12)7(9)13;;/h2*10H,2-4H2,1H3,(H2,9,13);2*1H. The lowest BCUT2D eigenvalue weighted by Gasteiger charge is -2.12. The molecule has 2 amide bonds. The number of hydrogen-bond acceptors (Lipinski definition) is 6. The van der Waals surface area contributed by atoms with Crippen molar-refractivity contribution < 1.29 is 9.59 Å². The van der Waals surface area contributed by atoms with Crippen LogP contribution in [0.15, 0.2) is 0 Å². The van der Waals surface area contributed by atoms with Crippen LogP contribution in [0.1, 0.15) is 44.0 Å². The third-order valence-electron chi connectivity index (χ3n) is 4.70. The summed E-state index contributed by atoms with van der Waals surface area (Å²) in [4.78, 5) is 30.3. The van der Waals surface area contributed by atoms with Crippen LogP contribution < -0.4 is 22.1 Å². The molecular formula is C16H26Cl2N8O2. The molecule has 156 valence electrons. The average Bonchev–Trinajstić information content (AvgIpc) is 3.14. The highest BCUT2D eigenvalue weighted by Gasteiger charge is 2.20. The molecule has 28 heavy (non-hydrogen) atoms. The van der Waals surface area contributed by atoms with Crippen molar-refractivity contribution >= 4 is 36.6 Å². The van der Waals surface area contributed by atoms with Crippen molar-refractivity contribution in [1.29, 1.82) is 0 Å². The molecular weight excluding hydrogens is 407 g/mol. The van der Waals surface area contributed by atoms with Gasteiger partial charge in [0.15, 0.2) is 11.6 Å². The maximum Gasteiger partial charge on any atom is 0.284 e. The van der Waals surface area contributed by atoms with E-state index in [1.54, 1.807) is 9.13 Å². The van der Waals surface area contributed by atoms with E-state index in [4.69, 9.17) is 11.5 Å². The van der Waals surface area contributed by atoms with Crippen LogP contribution in [0.2, 0.25) is 0 Å². The zero-order valence-electron chi connectivity index (χ0n) is 15.8. The first-order chi connectivity index (χ1) is 12.4. The zero-order chi connectivity index (χ0) is 18.8. The van der Waals surface area contributed by atoms with Crippen LogP contribution in [-0.4, -0.2) is 44.0 Å². The molecule has 0 bridgehead atoms. The number of carbonyl (C=O) groups excluding carboxylic acids is 2. The van der Waals surface area contributed by atoms with E-state index in [1.165, 1.54) is 0 Å². The van der Waals surface area contributed by atoms with Gasteiger partial charge >= 0.3 is 0 Å². The Morgan fingerprint density at radius 2 is 1.18 bits per heavy atom. The molecule has 4 rings (SSSR count). The van der Waals surface area contributed by atoms with Crippen LogP contribution in [-0.2, 0) is 40.0 Å². The molecule has 0 radical (unpaired) electrons. The molecule has 0 saturated heterocycles. The second-order valence-corrected chi connectivity index (χ2v) is 6.36. The Morgan fingerprint density at radius 1 is 0.821 bits per heavy atom. The Balaban J connectivity index is 0.000000261. The van der Waals surface area contributed by atoms with Crippen molar-refractivity contribution in [3.63, 3.8) is 0 Å². The van der Waals surface area contributed by atoms with Gasteiger partial charge in [0, 0.05) is 64.5 Å². The third-order valence-corrected chi connectivity index (χ3v) is 4.70. The quantitative estimate of drug-likeness (QED) is 0.487. The second-order valence-electron chi connectivity index (χ2n) is 6.36. The number of hydrogen-bond donors (Lipinski definition) is 4. The molecule has 2 aromatic rings. The molecule has 2 aliphatic rings. The fraction of sp³-hybridized carbons (Fsp3) is 0.500. The lowest BCUT2D eigenvalue weighted by atomic mass is 10.2. The summed E-state index contributed by atoms with van der Waals surface area (Å²) in [5.41, 5.74) is 14.5. The molecule has 0 aliphatic carbocycles. The molecule has 0 spiro atoms. The number of nitrogens with two attached hydrogens (primary N) is 2. The summed E-state index contributed by atoms with van der Waals surface area (Å²) >= 11 is 0. The number of carbonyl (C=O) groups is 2. The van der Waals surface area contributed by atoms with E-state index in [0.717, 1.165) is 61.8 Å². The Kier molecular flexibility index (Phi) is 8.43. The number of nitrogens with zero attached hydrogens (tertiary/aromatic N) is 4. The van der Waals surface area contributed by atoms with Crippen molar-refractivity contribution in [2.24, 2.45) is 25.6 Å². The van der Waals surface area contributed by atoms with Gasteiger partial charge in [-0.15, -0.1) is 24.8 Å². The van der Waals surface area contributed by atoms with E-state index in [2.05, 4.69) is 20.6 Å². The van der Waals surface area contributed by atoms with Crippen molar-refractivity contribution in [1.82, 2.24) is 29.7 Å². The van der Waals surface area contributed by atoms with E-state index < -0.39 is 11.8 Å². The molecule has 4 heterocycles. The van der Waals surface area contributed by atoms with Crippen molar-refractivity contribution in [3.8, 4) is 0 Å². The monoisotopic (exact) mass is 432 g/mol. The fourth-order valence-corrected chi connectivity index (χ4v) is 3.35. The zero-order valence-corrected chi connectivity index (χ0v) is 17.5. The van der Waals surface area contributed by atoms with E-state index >= 15 is 0 Å². The van der Waals surface area contributed by atoms with Crippen LogP contribution in [0.4, 0.5) is 0 Å². The largest absolute Gasteiger partial charge is 0.363 e. The van der Waals surface area contributed by atoms with E-state index in [0.29, 0.717) is 11.6 Å². The average molecular weight is 433 g/mol. The van der Waals surface area contributed by atoms with Crippen LogP contribution >= 0.6 is 24.8 Å². The van der Waals surface area contributed by atoms with E-state index in [-0.39, 0.29) is 24.8 Å². The topological polar surface area (TPSA) is 146 Å². The van der Waals surface area contributed by atoms with Gasteiger partial charge in [-0.3, -0.25) is 9.59 Å². The number of nitrogens with one attached hydrogen (secondary N) is 2. The third kappa shape index (κ3) is 4.64. The maximum atomic E-state index is 11.0. The first-order valence-electron chi connectivity index (χ1n) is 8.50. The summed E-state index contributed by atoms with van der Waals surface area (Å²) in [6.45, 7) is 3.34. The lowest BCUT2D eigenvalue weighted by Crippen LogP contribution is -2.24. The molecule has 0 atom stereocenters. The molecule has 0 unspecified atom stereocenters. The van der Waals surface area contributed by atoms with Gasteiger partial charge in [0.1, 0.15) is 0 Å². The Hall–Kier alpha value is -2.14. The van der Waals surface area contributed by atoms with Crippen molar-refractivity contribution in [2.75, 3.05) is 13.1 Å². The summed E-state index contributed by atoms with van der Waals surface area (Å²) in [5.74, 6) is -0.212. The van der Waals surface area contributed by atoms with Crippen molar-refractivity contribution in [3.05, 3.63) is 34.4 Å². The summed E-state index contributed by atoms with van der Waals surface area (Å²) in [6.07, 6.45) is 1.82. The maximum absolute atomic E-state index is 11.0. The van der Waals surface area contributed by atoms with Gasteiger partial charge < -0.3 is 31.2 Å². The van der Waals surface area contributed by atoms with Gasteiger partial charge in [-0.25, -0.2) is 9.97 Å². The van der Waals surface area contributed by atoms with Gasteiger partial charge in [0.25, 0.3) is 11.8 Å². The minimum Gasteiger partial charge on any atom is -0.363 e. The smallest absolute Gasteiger partial charge is 0.284 e. The van der Waals surface area contributed by atoms with Crippen LogP contribution in [0, 0.1) is 0 Å². The van der Waals surface area contributed by atoms with E-state index in [9.17, 15) is 9.59 Å². The Labute approximate surface area is 175 Å². The normalized spacial score (nSPS) is 14.4. The Morgan fingerprint density at radius 3 is 1.46 bits per heavy atom. The molecule has 2 aliphatic heterocycles. The number of primary amides is 2. The van der Waals surface area contributed by atoms with E-state index in [1.807, 2.05) is 14.1 Å². The van der Waals surface area contributed by atoms with Gasteiger partial charge in [-0.05, 0) is 0 Å². The summed E-state index contributed by atoms with van der Waals surface area (Å²) in [7, 11) is 3.66. The molecule has 10 nitrogen and oxygen atoms in total. The number of rotatable bonds is 2. The highest BCUT2D eigenvalue weighted by Crippen LogP contribution is 2.14. The second kappa shape index (κ2) is 9.87. The van der Waals surface area contributed by atoms with Crippen LogP contribution in [0.3, 0.4) is 0 Å². The minimum absolute atomic E-state index is 0. The Bertz CT molecular complexity index is 791. The number of aromatic nitrogens is 4. The number of imidazole rings is 2. The lowest BCUT2D eigenvalue weighted by molar-refractivity contribution is 0.0979. The highest BCUT2D eigenvalue weighted by atomic mass is 35.5. The van der Waals surface area contributed by atoms with Gasteiger partial charge in [0.05, 0.1) is 11.4 Å². The molecule has 0 saturated carbocycles. The predicted molar refractivity (Wildman–Crippen MR) is 109 cm³/mol. The van der Waals surface area contributed by atoms with Gasteiger partial charge in [0.2, 0.25) is 0 Å². The molecule has 0 fully saturated rings. The first-order valence-corrected chi connectivity index (χ1v) is 8.50. The molecule has 6 N–H and O–H groups in total. The SMILES string of the molecule is Cl.Cl.Cn1c(C(N)=O)nc2c1CCNC2.Cn1c(C(N)=O)nc2c1CCNC2. The molecule has 12 heteroatoms. The summed E-state index contributed by atoms with van der Waals surface area (Å²) < 4.78 is 3.58. The van der Waals surface area contributed by atoms with Crippen LogP contribution in [0.25, 0.3) is 0 Å². The highest BCUT2D eigenvalue weighted by molar-refractivity contribution is 5.90. The summed E-state index contributed by atoms with van der Waals surface area (Å²) in [5, 5.41) is 6.38. The fourth-order valence-electron chi connectivity index (χ4n) is 3.35. The van der Waals surface area contributed by atoms with Gasteiger partial charge in [-0.2, -0.15) is 0 Å².